The summed E-state index contributed by atoms with van der Waals surface area (Å²) >= 11 is 1.20. The van der Waals surface area contributed by atoms with Gasteiger partial charge in [0.1, 0.15) is 23.2 Å². The zero-order valence-corrected chi connectivity index (χ0v) is 14.1. The molecule has 8 heteroatoms. The molecule has 4 amide bonds. The van der Waals surface area contributed by atoms with Gasteiger partial charge in [-0.2, -0.15) is 5.26 Å². The van der Waals surface area contributed by atoms with Gasteiger partial charge in [-0.3, -0.25) is 14.5 Å². The smallest absolute Gasteiger partial charge is 0.319 e. The van der Waals surface area contributed by atoms with Crippen molar-refractivity contribution < 1.29 is 14.4 Å². The van der Waals surface area contributed by atoms with E-state index in [9.17, 15) is 14.4 Å². The topological polar surface area (TPSA) is 102 Å². The van der Waals surface area contributed by atoms with Crippen molar-refractivity contribution in [2.24, 2.45) is 0 Å². The van der Waals surface area contributed by atoms with E-state index in [2.05, 4.69) is 10.6 Å². The van der Waals surface area contributed by atoms with E-state index in [1.54, 1.807) is 42.6 Å². The lowest BCUT2D eigenvalue weighted by Crippen LogP contribution is -2.42. The maximum Gasteiger partial charge on any atom is 0.325 e. The third-order valence-corrected chi connectivity index (χ3v) is 4.80. The molecule has 1 fully saturated rings. The summed E-state index contributed by atoms with van der Waals surface area (Å²) in [7, 11) is 0. The van der Waals surface area contributed by atoms with Crippen LogP contribution in [-0.2, 0) is 15.1 Å². The SMILES string of the molecule is C[C@@]1(c2ccccc2)NC(=O)N(CC(=O)Nc2sccc2C#N)C1=O. The van der Waals surface area contributed by atoms with Crippen LogP contribution in [0.5, 0.6) is 0 Å². The number of nitriles is 1. The molecule has 1 saturated heterocycles. The third-order valence-electron chi connectivity index (χ3n) is 3.97. The van der Waals surface area contributed by atoms with Crippen LogP contribution >= 0.6 is 11.3 Å². The number of carbonyl (C=O) groups excluding carboxylic acids is 3. The molecule has 3 rings (SSSR count). The van der Waals surface area contributed by atoms with Crippen LogP contribution in [0.2, 0.25) is 0 Å². The molecule has 0 spiro atoms. The average molecular weight is 354 g/mol. The van der Waals surface area contributed by atoms with E-state index < -0.39 is 29.9 Å². The minimum absolute atomic E-state index is 0.338. The number of rotatable bonds is 4. The lowest BCUT2D eigenvalue weighted by atomic mass is 9.92. The van der Waals surface area contributed by atoms with Gasteiger partial charge in [-0.1, -0.05) is 30.3 Å². The lowest BCUT2D eigenvalue weighted by molar-refractivity contribution is -0.133. The quantitative estimate of drug-likeness (QED) is 0.820. The normalized spacial score (nSPS) is 19.4. The van der Waals surface area contributed by atoms with Gasteiger partial charge in [0.2, 0.25) is 5.91 Å². The summed E-state index contributed by atoms with van der Waals surface area (Å²) in [5.74, 6) is -1.04. The van der Waals surface area contributed by atoms with E-state index in [-0.39, 0.29) is 0 Å². The number of thiophene rings is 1. The van der Waals surface area contributed by atoms with Crippen LogP contribution in [0.4, 0.5) is 9.80 Å². The van der Waals surface area contributed by atoms with E-state index in [0.29, 0.717) is 16.1 Å². The van der Waals surface area contributed by atoms with Gasteiger partial charge in [0, 0.05) is 0 Å². The molecule has 2 aromatic rings. The number of carbonyl (C=O) groups is 3. The van der Waals surface area contributed by atoms with Crippen molar-refractivity contribution in [3.05, 3.63) is 52.9 Å². The fourth-order valence-electron chi connectivity index (χ4n) is 2.61. The summed E-state index contributed by atoms with van der Waals surface area (Å²) in [5.41, 5.74) is -0.231. The molecule has 126 valence electrons. The molecular formula is C17H14N4O3S. The van der Waals surface area contributed by atoms with Gasteiger partial charge >= 0.3 is 6.03 Å². The zero-order chi connectivity index (χ0) is 18.0. The van der Waals surface area contributed by atoms with Crippen molar-refractivity contribution in [3.8, 4) is 6.07 Å². The molecule has 2 heterocycles. The summed E-state index contributed by atoms with van der Waals surface area (Å²) < 4.78 is 0. The van der Waals surface area contributed by atoms with Crippen molar-refractivity contribution in [2.75, 3.05) is 11.9 Å². The summed E-state index contributed by atoms with van der Waals surface area (Å²) in [4.78, 5) is 38.0. The number of nitrogens with zero attached hydrogens (tertiary/aromatic N) is 2. The predicted molar refractivity (Wildman–Crippen MR) is 91.7 cm³/mol. The monoisotopic (exact) mass is 354 g/mol. The maximum atomic E-state index is 12.7. The van der Waals surface area contributed by atoms with Crippen molar-refractivity contribution in [3.63, 3.8) is 0 Å². The highest BCUT2D eigenvalue weighted by Crippen LogP contribution is 2.28. The highest BCUT2D eigenvalue weighted by molar-refractivity contribution is 7.14. The van der Waals surface area contributed by atoms with E-state index >= 15 is 0 Å². The second-order valence-electron chi connectivity index (χ2n) is 5.64. The summed E-state index contributed by atoms with van der Waals surface area (Å²) in [6, 6.07) is 11.8. The molecule has 1 atom stereocenters. The first-order chi connectivity index (χ1) is 12.0. The van der Waals surface area contributed by atoms with Gasteiger partial charge in [-0.25, -0.2) is 4.79 Å². The second-order valence-corrected chi connectivity index (χ2v) is 6.55. The minimum atomic E-state index is -1.21. The fraction of sp³-hybridized carbons (Fsp3) is 0.176. The minimum Gasteiger partial charge on any atom is -0.319 e. The van der Waals surface area contributed by atoms with Gasteiger partial charge in [0.25, 0.3) is 5.91 Å². The van der Waals surface area contributed by atoms with E-state index in [4.69, 9.17) is 5.26 Å². The molecule has 25 heavy (non-hydrogen) atoms. The van der Waals surface area contributed by atoms with Crippen LogP contribution in [-0.4, -0.2) is 29.3 Å². The first-order valence-electron chi connectivity index (χ1n) is 7.43. The Morgan fingerprint density at radius 3 is 2.72 bits per heavy atom. The molecule has 7 nitrogen and oxygen atoms in total. The van der Waals surface area contributed by atoms with Crippen LogP contribution in [0.15, 0.2) is 41.8 Å². The van der Waals surface area contributed by atoms with Crippen molar-refractivity contribution >= 4 is 34.2 Å². The van der Waals surface area contributed by atoms with Crippen LogP contribution in [0.1, 0.15) is 18.1 Å². The molecule has 0 bridgehead atoms. The highest BCUT2D eigenvalue weighted by Gasteiger charge is 2.49. The number of nitrogens with one attached hydrogen (secondary N) is 2. The second kappa shape index (κ2) is 6.37. The molecular weight excluding hydrogens is 340 g/mol. The molecule has 1 aliphatic heterocycles. The number of amides is 4. The van der Waals surface area contributed by atoms with Crippen molar-refractivity contribution in [1.82, 2.24) is 10.2 Å². The molecule has 1 aromatic carbocycles. The Bertz CT molecular complexity index is 887. The lowest BCUT2D eigenvalue weighted by Gasteiger charge is -2.22. The molecule has 2 N–H and O–H groups in total. The molecule has 0 aliphatic carbocycles. The fourth-order valence-corrected chi connectivity index (χ4v) is 3.37. The number of imide groups is 1. The molecule has 0 saturated carbocycles. The highest BCUT2D eigenvalue weighted by atomic mass is 32.1. The van der Waals surface area contributed by atoms with Crippen molar-refractivity contribution in [2.45, 2.75) is 12.5 Å². The van der Waals surface area contributed by atoms with Gasteiger partial charge in [0.15, 0.2) is 0 Å². The maximum absolute atomic E-state index is 12.7. The zero-order valence-electron chi connectivity index (χ0n) is 13.3. The van der Waals surface area contributed by atoms with Gasteiger partial charge in [-0.15, -0.1) is 11.3 Å². The summed E-state index contributed by atoms with van der Waals surface area (Å²) in [6.07, 6.45) is 0. The molecule has 0 radical (unpaired) electrons. The van der Waals surface area contributed by atoms with Crippen LogP contribution in [0, 0.1) is 11.3 Å². The van der Waals surface area contributed by atoms with Gasteiger partial charge in [0.05, 0.1) is 5.56 Å². The third kappa shape index (κ3) is 2.97. The molecule has 0 unspecified atom stereocenters. The van der Waals surface area contributed by atoms with Crippen molar-refractivity contribution in [1.29, 1.82) is 5.26 Å². The Morgan fingerprint density at radius 1 is 1.32 bits per heavy atom. The Kier molecular flexibility index (Phi) is 4.25. The Labute approximate surface area is 147 Å². The Balaban J connectivity index is 1.75. The van der Waals surface area contributed by atoms with E-state index in [0.717, 1.165) is 4.90 Å². The average Bonchev–Trinajstić information content (AvgIpc) is 3.14. The summed E-state index contributed by atoms with van der Waals surface area (Å²) in [5, 5.41) is 16.2. The molecule has 1 aliphatic rings. The number of anilines is 1. The number of benzene rings is 1. The van der Waals surface area contributed by atoms with E-state index in [1.165, 1.54) is 11.3 Å². The number of hydrogen-bond donors (Lipinski definition) is 2. The largest absolute Gasteiger partial charge is 0.325 e. The number of hydrogen-bond acceptors (Lipinski definition) is 5. The predicted octanol–water partition coefficient (Wildman–Crippen LogP) is 2.03. The van der Waals surface area contributed by atoms with Gasteiger partial charge < -0.3 is 10.6 Å². The van der Waals surface area contributed by atoms with Crippen LogP contribution < -0.4 is 10.6 Å². The Hall–Kier alpha value is -3.18. The standard InChI is InChI=1S/C17H14N4O3S/c1-17(12-5-3-2-4-6-12)15(23)21(16(24)20-17)10-13(22)19-14-11(9-18)7-8-25-14/h2-8H,10H2,1H3,(H,19,22)(H,20,24)/t17-/m0/s1. The summed E-state index contributed by atoms with van der Waals surface area (Å²) in [6.45, 7) is 1.18. The van der Waals surface area contributed by atoms with Crippen LogP contribution in [0.3, 0.4) is 0 Å². The van der Waals surface area contributed by atoms with Gasteiger partial charge in [-0.05, 0) is 23.9 Å². The number of urea groups is 1. The first-order valence-corrected chi connectivity index (χ1v) is 8.31. The Morgan fingerprint density at radius 2 is 2.04 bits per heavy atom. The van der Waals surface area contributed by atoms with Crippen LogP contribution in [0.25, 0.3) is 0 Å². The van der Waals surface area contributed by atoms with E-state index in [1.807, 2.05) is 12.1 Å². The molecule has 1 aromatic heterocycles. The first kappa shape index (κ1) is 16.7.